The fourth-order valence-corrected chi connectivity index (χ4v) is 2.15. The first-order valence-corrected chi connectivity index (χ1v) is 8.05. The molecule has 1 aromatic carbocycles. The molecular weight excluding hydrogens is 312 g/mol. The molecule has 0 aliphatic carbocycles. The molecule has 0 unspecified atom stereocenters. The Bertz CT molecular complexity index is 602. The summed E-state index contributed by atoms with van der Waals surface area (Å²) in [6.07, 6.45) is -0.857. The highest BCUT2D eigenvalue weighted by atomic mass is 32.2. The monoisotopic (exact) mass is 330 g/mol. The number of rotatable bonds is 7. The van der Waals surface area contributed by atoms with Crippen molar-refractivity contribution in [1.82, 2.24) is 5.32 Å². The quantitative estimate of drug-likeness (QED) is 0.681. The van der Waals surface area contributed by atoms with E-state index in [-0.39, 0.29) is 13.2 Å². The maximum atomic E-state index is 11.5. The number of alkyl carbamates (subject to hydrolysis) is 1. The molecule has 22 heavy (non-hydrogen) atoms. The highest BCUT2D eigenvalue weighted by molar-refractivity contribution is 7.87. The second-order valence-corrected chi connectivity index (χ2v) is 6.07. The molecule has 0 spiro atoms. The van der Waals surface area contributed by atoms with Crippen molar-refractivity contribution in [2.24, 2.45) is 5.73 Å². The average molecular weight is 330 g/mol. The largest absolute Gasteiger partial charge is 0.445 e. The minimum Gasteiger partial charge on any atom is -0.445 e. The van der Waals surface area contributed by atoms with Crippen LogP contribution in [0.1, 0.15) is 12.5 Å². The molecule has 9 heteroatoms. The average Bonchev–Trinajstić information content (AvgIpc) is 2.45. The number of ether oxygens (including phenoxy) is 1. The van der Waals surface area contributed by atoms with E-state index in [0.717, 1.165) is 5.56 Å². The zero-order valence-corrected chi connectivity index (χ0v) is 12.8. The Balaban J connectivity index is 2.42. The molecular formula is C13H18N2O6S. The van der Waals surface area contributed by atoms with Crippen molar-refractivity contribution < 1.29 is 26.9 Å². The minimum absolute atomic E-state index is 0.0277. The van der Waals surface area contributed by atoms with Crippen LogP contribution in [-0.4, -0.2) is 38.8 Å². The summed E-state index contributed by atoms with van der Waals surface area (Å²) in [5.41, 5.74) is 5.86. The summed E-state index contributed by atoms with van der Waals surface area (Å²) in [5.74, 6) is -1.59. The Morgan fingerprint density at radius 3 is 2.50 bits per heavy atom. The van der Waals surface area contributed by atoms with Crippen LogP contribution in [0, 0.1) is 0 Å². The van der Waals surface area contributed by atoms with Crippen LogP contribution < -0.4 is 11.1 Å². The maximum absolute atomic E-state index is 11.5. The van der Waals surface area contributed by atoms with Gasteiger partial charge < -0.3 is 20.0 Å². The molecule has 0 bridgehead atoms. The first kappa shape index (κ1) is 17.9. The fraction of sp³-hybridized carbons (Fsp3) is 0.385. The second kappa shape index (κ2) is 8.35. The summed E-state index contributed by atoms with van der Waals surface area (Å²) in [7, 11) is -4.03. The third-order valence-electron chi connectivity index (χ3n) is 2.48. The van der Waals surface area contributed by atoms with E-state index in [1.54, 1.807) is 24.3 Å². The molecule has 0 heterocycles. The van der Waals surface area contributed by atoms with Crippen molar-refractivity contribution in [3.63, 3.8) is 0 Å². The molecule has 8 nitrogen and oxygen atoms in total. The number of benzene rings is 1. The van der Waals surface area contributed by atoms with Crippen LogP contribution in [0.4, 0.5) is 4.79 Å². The second-order valence-electron chi connectivity index (χ2n) is 4.38. The van der Waals surface area contributed by atoms with Gasteiger partial charge in [-0.3, -0.25) is 0 Å². The zero-order valence-electron chi connectivity index (χ0n) is 12.0. The van der Waals surface area contributed by atoms with Crippen molar-refractivity contribution in [1.29, 1.82) is 0 Å². The van der Waals surface area contributed by atoms with E-state index in [0.29, 0.717) is 0 Å². The number of carbonyl (C=O) groups excluding carboxylic acids is 2. The molecule has 0 aromatic heterocycles. The SMILES string of the molecule is C[C@H](NC(=O)OCc1ccccc1)C(=O)OS(=O)(=O)CCN. The standard InChI is InChI=1S/C13H18N2O6S/c1-10(12(16)21-22(18,19)8-7-14)15-13(17)20-9-11-5-3-2-4-6-11/h2-6,10H,7-9,14H2,1H3,(H,15,17)/t10-/m0/s1. The van der Waals surface area contributed by atoms with Crippen molar-refractivity contribution >= 4 is 22.2 Å². The lowest BCUT2D eigenvalue weighted by Crippen LogP contribution is -2.41. The van der Waals surface area contributed by atoms with Gasteiger partial charge >= 0.3 is 22.2 Å². The van der Waals surface area contributed by atoms with Crippen LogP contribution in [0.15, 0.2) is 30.3 Å². The first-order valence-electron chi connectivity index (χ1n) is 6.47. The van der Waals surface area contributed by atoms with Gasteiger partial charge in [0.2, 0.25) is 0 Å². The van der Waals surface area contributed by atoms with Gasteiger partial charge in [0.15, 0.2) is 0 Å². The molecule has 122 valence electrons. The summed E-state index contributed by atoms with van der Waals surface area (Å²) in [5, 5.41) is 2.18. The van der Waals surface area contributed by atoms with E-state index in [1.807, 2.05) is 6.07 Å². The maximum Gasteiger partial charge on any atom is 0.408 e. The summed E-state index contributed by atoms with van der Waals surface area (Å²) in [6, 6.07) is 7.77. The molecule has 0 saturated carbocycles. The van der Waals surface area contributed by atoms with Crippen molar-refractivity contribution in [2.45, 2.75) is 19.6 Å². The summed E-state index contributed by atoms with van der Waals surface area (Å²) < 4.78 is 31.7. The molecule has 0 fully saturated rings. The normalized spacial score (nSPS) is 12.3. The number of nitrogens with one attached hydrogen (secondary N) is 1. The molecule has 3 N–H and O–H groups in total. The van der Waals surface area contributed by atoms with E-state index < -0.39 is 34.0 Å². The number of carbonyl (C=O) groups is 2. The smallest absolute Gasteiger partial charge is 0.408 e. The van der Waals surface area contributed by atoms with E-state index in [1.165, 1.54) is 6.92 Å². The van der Waals surface area contributed by atoms with Gasteiger partial charge in [0.25, 0.3) is 0 Å². The Kier molecular flexibility index (Phi) is 6.80. The topological polar surface area (TPSA) is 125 Å². The van der Waals surface area contributed by atoms with Crippen LogP contribution >= 0.6 is 0 Å². The third-order valence-corrected chi connectivity index (χ3v) is 3.63. The first-order chi connectivity index (χ1) is 10.3. The van der Waals surface area contributed by atoms with Crippen LogP contribution in [0.25, 0.3) is 0 Å². The van der Waals surface area contributed by atoms with Crippen LogP contribution in [-0.2, 0) is 30.4 Å². The molecule has 0 saturated heterocycles. The van der Waals surface area contributed by atoms with E-state index in [2.05, 4.69) is 9.50 Å². The van der Waals surface area contributed by atoms with Crippen molar-refractivity contribution in [2.75, 3.05) is 12.3 Å². The minimum atomic E-state index is -4.03. The summed E-state index contributed by atoms with van der Waals surface area (Å²) in [6.45, 7) is 1.14. The Hall–Kier alpha value is -2.13. The molecule has 0 aliphatic rings. The van der Waals surface area contributed by atoms with Gasteiger partial charge in [-0.05, 0) is 12.5 Å². The molecule has 0 aliphatic heterocycles. The summed E-state index contributed by atoms with van der Waals surface area (Å²) >= 11 is 0. The van der Waals surface area contributed by atoms with Gasteiger partial charge in [-0.25, -0.2) is 9.59 Å². The lowest BCUT2D eigenvalue weighted by molar-refractivity contribution is -0.135. The van der Waals surface area contributed by atoms with Crippen LogP contribution in [0.3, 0.4) is 0 Å². The zero-order chi connectivity index (χ0) is 16.6. The molecule has 1 aromatic rings. The predicted octanol–water partition coefficient (Wildman–Crippen LogP) is 0.133. The van der Waals surface area contributed by atoms with E-state index in [4.69, 9.17) is 10.5 Å². The molecule has 1 atom stereocenters. The Morgan fingerprint density at radius 2 is 1.91 bits per heavy atom. The fourth-order valence-electron chi connectivity index (χ4n) is 1.38. The third kappa shape index (κ3) is 6.55. The predicted molar refractivity (Wildman–Crippen MR) is 78.2 cm³/mol. The van der Waals surface area contributed by atoms with Gasteiger partial charge in [0.1, 0.15) is 12.6 Å². The molecule has 1 amide bonds. The number of amides is 1. The van der Waals surface area contributed by atoms with Crippen LogP contribution in [0.2, 0.25) is 0 Å². The highest BCUT2D eigenvalue weighted by Gasteiger charge is 2.23. The van der Waals surface area contributed by atoms with Gasteiger partial charge in [-0.15, -0.1) is 0 Å². The number of hydrogen-bond donors (Lipinski definition) is 2. The van der Waals surface area contributed by atoms with Gasteiger partial charge in [-0.1, -0.05) is 30.3 Å². The lowest BCUT2D eigenvalue weighted by Gasteiger charge is -2.13. The van der Waals surface area contributed by atoms with Gasteiger partial charge in [-0.2, -0.15) is 8.42 Å². The van der Waals surface area contributed by atoms with Gasteiger partial charge in [0, 0.05) is 6.54 Å². The van der Waals surface area contributed by atoms with Gasteiger partial charge in [0.05, 0.1) is 5.75 Å². The van der Waals surface area contributed by atoms with Crippen molar-refractivity contribution in [3.05, 3.63) is 35.9 Å². The van der Waals surface area contributed by atoms with E-state index >= 15 is 0 Å². The lowest BCUT2D eigenvalue weighted by atomic mass is 10.2. The summed E-state index contributed by atoms with van der Waals surface area (Å²) in [4.78, 5) is 23.0. The Morgan fingerprint density at radius 1 is 1.27 bits per heavy atom. The number of nitrogens with two attached hydrogens (primary N) is 1. The van der Waals surface area contributed by atoms with Crippen molar-refractivity contribution in [3.8, 4) is 0 Å². The molecule has 1 rings (SSSR count). The van der Waals surface area contributed by atoms with E-state index in [9.17, 15) is 18.0 Å². The Labute approximate surface area is 128 Å². The van der Waals surface area contributed by atoms with Crippen LogP contribution in [0.5, 0.6) is 0 Å². The highest BCUT2D eigenvalue weighted by Crippen LogP contribution is 2.02. The number of hydrogen-bond acceptors (Lipinski definition) is 7. The molecule has 0 radical (unpaired) electrons.